The molecular formula is C17H19NO3. The maximum atomic E-state index is 9.56. The third-order valence-electron chi connectivity index (χ3n) is 3.72. The van der Waals surface area contributed by atoms with Crippen LogP contribution in [0, 0.1) is 0 Å². The highest BCUT2D eigenvalue weighted by atomic mass is 16.6. The Bertz CT molecular complexity index is 614. The second kappa shape index (κ2) is 6.06. The molecule has 2 aromatic carbocycles. The van der Waals surface area contributed by atoms with E-state index in [0.717, 1.165) is 23.5 Å². The molecule has 0 fully saturated rings. The van der Waals surface area contributed by atoms with E-state index in [1.807, 2.05) is 43.4 Å². The van der Waals surface area contributed by atoms with Crippen molar-refractivity contribution in [3.63, 3.8) is 0 Å². The molecule has 0 spiro atoms. The topological polar surface area (TPSA) is 50.7 Å². The summed E-state index contributed by atoms with van der Waals surface area (Å²) in [5, 5.41) is 12.8. The van der Waals surface area contributed by atoms with Gasteiger partial charge in [-0.2, -0.15) is 0 Å². The first-order valence-electron chi connectivity index (χ1n) is 7.10. The standard InChI is InChI=1S/C17H19NO3/c1-18-14(10-12-5-4-6-13(19)9-12)17-11-20-15-7-2-3-8-16(15)21-17/h2-9,14,17-19H,10-11H2,1H3. The number of benzene rings is 2. The third-order valence-corrected chi connectivity index (χ3v) is 3.72. The zero-order chi connectivity index (χ0) is 14.7. The number of fused-ring (bicyclic) bond motifs is 1. The minimum absolute atomic E-state index is 0.0627. The van der Waals surface area contributed by atoms with Gasteiger partial charge in [0.25, 0.3) is 0 Å². The molecule has 0 bridgehead atoms. The minimum Gasteiger partial charge on any atom is -0.508 e. The van der Waals surface area contributed by atoms with Crippen LogP contribution >= 0.6 is 0 Å². The number of hydrogen-bond acceptors (Lipinski definition) is 4. The van der Waals surface area contributed by atoms with Crippen molar-refractivity contribution in [3.8, 4) is 17.2 Å². The summed E-state index contributed by atoms with van der Waals surface area (Å²) < 4.78 is 11.8. The predicted octanol–water partition coefficient (Wildman–Crippen LogP) is 2.36. The van der Waals surface area contributed by atoms with E-state index in [1.54, 1.807) is 12.1 Å². The fraction of sp³-hybridized carbons (Fsp3) is 0.294. The molecule has 0 amide bonds. The fourth-order valence-corrected chi connectivity index (χ4v) is 2.59. The van der Waals surface area contributed by atoms with Crippen LogP contribution in [-0.4, -0.2) is 30.9 Å². The SMILES string of the molecule is CNC(Cc1cccc(O)c1)C1COc2ccccc2O1. The van der Waals surface area contributed by atoms with Gasteiger partial charge in [0.1, 0.15) is 18.5 Å². The first kappa shape index (κ1) is 13.8. The van der Waals surface area contributed by atoms with Crippen molar-refractivity contribution in [1.29, 1.82) is 0 Å². The number of ether oxygens (including phenoxy) is 2. The lowest BCUT2D eigenvalue weighted by atomic mass is 10.0. The van der Waals surface area contributed by atoms with Crippen molar-refractivity contribution in [2.45, 2.75) is 18.6 Å². The minimum atomic E-state index is -0.0627. The number of phenols is 1. The number of hydrogen-bond donors (Lipinski definition) is 2. The van der Waals surface area contributed by atoms with Gasteiger partial charge in [0, 0.05) is 0 Å². The van der Waals surface area contributed by atoms with Gasteiger partial charge in [0.2, 0.25) is 0 Å². The molecule has 4 nitrogen and oxygen atoms in total. The van der Waals surface area contributed by atoms with E-state index in [0.29, 0.717) is 6.61 Å². The van der Waals surface area contributed by atoms with Crippen LogP contribution in [-0.2, 0) is 6.42 Å². The van der Waals surface area contributed by atoms with Gasteiger partial charge in [0.05, 0.1) is 6.04 Å². The third kappa shape index (κ3) is 3.11. The predicted molar refractivity (Wildman–Crippen MR) is 81.0 cm³/mol. The molecule has 1 aliphatic rings. The summed E-state index contributed by atoms with van der Waals surface area (Å²) in [6, 6.07) is 15.1. The van der Waals surface area contributed by atoms with E-state index in [-0.39, 0.29) is 17.9 Å². The zero-order valence-electron chi connectivity index (χ0n) is 12.0. The Morgan fingerprint density at radius 3 is 2.76 bits per heavy atom. The van der Waals surface area contributed by atoms with Crippen molar-refractivity contribution in [2.75, 3.05) is 13.7 Å². The van der Waals surface area contributed by atoms with Crippen LogP contribution in [0.3, 0.4) is 0 Å². The Morgan fingerprint density at radius 1 is 1.19 bits per heavy atom. The molecule has 0 aromatic heterocycles. The number of aromatic hydroxyl groups is 1. The number of rotatable bonds is 4. The number of para-hydroxylation sites is 2. The number of phenolic OH excluding ortho intramolecular Hbond substituents is 1. The molecule has 3 rings (SSSR count). The molecule has 110 valence electrons. The van der Waals surface area contributed by atoms with Crippen molar-refractivity contribution in [1.82, 2.24) is 5.32 Å². The largest absolute Gasteiger partial charge is 0.508 e. The highest BCUT2D eigenvalue weighted by Crippen LogP contribution is 2.32. The second-order valence-electron chi connectivity index (χ2n) is 5.18. The summed E-state index contributed by atoms with van der Waals surface area (Å²) in [5.74, 6) is 1.86. The quantitative estimate of drug-likeness (QED) is 0.905. The van der Waals surface area contributed by atoms with E-state index in [9.17, 15) is 5.11 Å². The molecule has 0 saturated carbocycles. The second-order valence-corrected chi connectivity index (χ2v) is 5.18. The van der Waals surface area contributed by atoms with E-state index < -0.39 is 0 Å². The van der Waals surface area contributed by atoms with Crippen LogP contribution in [0.1, 0.15) is 5.56 Å². The molecule has 2 N–H and O–H groups in total. The van der Waals surface area contributed by atoms with Gasteiger partial charge in [-0.3, -0.25) is 0 Å². The van der Waals surface area contributed by atoms with Crippen LogP contribution in [0.15, 0.2) is 48.5 Å². The van der Waals surface area contributed by atoms with E-state index in [2.05, 4.69) is 5.32 Å². The average Bonchev–Trinajstić information content (AvgIpc) is 2.52. The van der Waals surface area contributed by atoms with Gasteiger partial charge in [-0.05, 0) is 43.3 Å². The summed E-state index contributed by atoms with van der Waals surface area (Å²) in [4.78, 5) is 0. The van der Waals surface area contributed by atoms with Crippen LogP contribution in [0.25, 0.3) is 0 Å². The van der Waals surface area contributed by atoms with Gasteiger partial charge in [-0.1, -0.05) is 24.3 Å². The van der Waals surface area contributed by atoms with Gasteiger partial charge >= 0.3 is 0 Å². The zero-order valence-corrected chi connectivity index (χ0v) is 12.0. The summed E-state index contributed by atoms with van der Waals surface area (Å²) in [7, 11) is 1.91. The highest BCUT2D eigenvalue weighted by molar-refractivity contribution is 5.41. The summed E-state index contributed by atoms with van der Waals surface area (Å²) in [6.45, 7) is 0.515. The van der Waals surface area contributed by atoms with Gasteiger partial charge in [-0.25, -0.2) is 0 Å². The summed E-state index contributed by atoms with van der Waals surface area (Å²) >= 11 is 0. The molecule has 1 aliphatic heterocycles. The molecule has 2 atom stereocenters. The smallest absolute Gasteiger partial charge is 0.161 e. The van der Waals surface area contributed by atoms with E-state index >= 15 is 0 Å². The van der Waals surface area contributed by atoms with Crippen LogP contribution in [0.5, 0.6) is 17.2 Å². The molecule has 2 aromatic rings. The van der Waals surface area contributed by atoms with Crippen molar-refractivity contribution < 1.29 is 14.6 Å². The van der Waals surface area contributed by atoms with Crippen LogP contribution < -0.4 is 14.8 Å². The molecule has 0 aliphatic carbocycles. The van der Waals surface area contributed by atoms with Crippen LogP contribution in [0.2, 0.25) is 0 Å². The van der Waals surface area contributed by atoms with Crippen molar-refractivity contribution >= 4 is 0 Å². The Hall–Kier alpha value is -2.20. The van der Waals surface area contributed by atoms with Gasteiger partial charge in [0.15, 0.2) is 11.5 Å². The average molecular weight is 285 g/mol. The molecule has 0 radical (unpaired) electrons. The Kier molecular flexibility index (Phi) is 3.97. The van der Waals surface area contributed by atoms with Crippen LogP contribution in [0.4, 0.5) is 0 Å². The molecule has 21 heavy (non-hydrogen) atoms. The number of likely N-dealkylation sites (N-methyl/N-ethyl adjacent to an activating group) is 1. The van der Waals surface area contributed by atoms with Crippen molar-refractivity contribution in [3.05, 3.63) is 54.1 Å². The Balaban J connectivity index is 1.73. The normalized spacial score (nSPS) is 18.2. The van der Waals surface area contributed by atoms with E-state index in [1.165, 1.54) is 0 Å². The Morgan fingerprint density at radius 2 is 2.00 bits per heavy atom. The van der Waals surface area contributed by atoms with Crippen molar-refractivity contribution in [2.24, 2.45) is 0 Å². The Labute approximate surface area is 124 Å². The maximum Gasteiger partial charge on any atom is 0.161 e. The highest BCUT2D eigenvalue weighted by Gasteiger charge is 2.28. The van der Waals surface area contributed by atoms with Gasteiger partial charge in [-0.15, -0.1) is 0 Å². The first-order chi connectivity index (χ1) is 10.3. The molecule has 2 unspecified atom stereocenters. The lowest BCUT2D eigenvalue weighted by Crippen LogP contribution is -2.47. The fourth-order valence-electron chi connectivity index (χ4n) is 2.59. The summed E-state index contributed by atoms with van der Waals surface area (Å²) in [6.07, 6.45) is 0.702. The monoisotopic (exact) mass is 285 g/mol. The lowest BCUT2D eigenvalue weighted by Gasteiger charge is -2.32. The molecular weight excluding hydrogens is 266 g/mol. The first-order valence-corrected chi connectivity index (χ1v) is 7.10. The number of nitrogens with one attached hydrogen (secondary N) is 1. The lowest BCUT2D eigenvalue weighted by molar-refractivity contribution is 0.0641. The van der Waals surface area contributed by atoms with Gasteiger partial charge < -0.3 is 19.9 Å². The van der Waals surface area contributed by atoms with E-state index in [4.69, 9.17) is 9.47 Å². The summed E-state index contributed by atoms with van der Waals surface area (Å²) in [5.41, 5.74) is 1.07. The molecule has 4 heteroatoms. The molecule has 1 heterocycles. The maximum absolute atomic E-state index is 9.56. The molecule has 0 saturated heterocycles.